The van der Waals surface area contributed by atoms with Gasteiger partial charge < -0.3 is 5.11 Å². The summed E-state index contributed by atoms with van der Waals surface area (Å²) >= 11 is 0. The Morgan fingerprint density at radius 2 is 2.13 bits per heavy atom. The van der Waals surface area contributed by atoms with Gasteiger partial charge in [0.05, 0.1) is 5.35 Å². The zero-order valence-corrected chi connectivity index (χ0v) is 8.77. The van der Waals surface area contributed by atoms with E-state index >= 15 is 0 Å². The minimum Gasteiger partial charge on any atom is -0.477 e. The van der Waals surface area contributed by atoms with Gasteiger partial charge >= 0.3 is 5.97 Å². The Hall–Kier alpha value is -1.90. The van der Waals surface area contributed by atoms with Crippen molar-refractivity contribution in [2.75, 3.05) is 0 Å². The minimum atomic E-state index is -1.00. The van der Waals surface area contributed by atoms with E-state index in [9.17, 15) is 4.79 Å². The molecule has 0 aliphatic heterocycles. The van der Waals surface area contributed by atoms with E-state index in [2.05, 4.69) is 4.98 Å². The van der Waals surface area contributed by atoms with Crippen LogP contribution in [0.4, 0.5) is 0 Å². The van der Waals surface area contributed by atoms with Gasteiger partial charge in [-0.1, -0.05) is 30.4 Å². The van der Waals surface area contributed by atoms with E-state index in [0.717, 1.165) is 5.22 Å². The maximum Gasteiger partial charge on any atom is 0.354 e. The van der Waals surface area contributed by atoms with E-state index in [1.54, 1.807) is 12.1 Å². The van der Waals surface area contributed by atoms with Crippen LogP contribution < -0.4 is 10.6 Å². The number of rotatable bonds is 2. The van der Waals surface area contributed by atoms with Crippen LogP contribution in [0.5, 0.6) is 0 Å². The van der Waals surface area contributed by atoms with Crippen LogP contribution in [0.2, 0.25) is 0 Å². The molecule has 3 heteroatoms. The molecule has 0 saturated heterocycles. The van der Waals surface area contributed by atoms with Gasteiger partial charge in [0.15, 0.2) is 0 Å². The largest absolute Gasteiger partial charge is 0.477 e. The molecule has 0 radical (unpaired) electrons. The molecule has 0 spiro atoms. The third-order valence-electron chi connectivity index (χ3n) is 1.92. The fraction of sp³-hybridized carbons (Fsp3) is 0.167. The van der Waals surface area contributed by atoms with Crippen molar-refractivity contribution in [3.63, 3.8) is 0 Å². The number of hydrogen-bond donors (Lipinski definition) is 1. The van der Waals surface area contributed by atoms with Gasteiger partial charge in [0.1, 0.15) is 5.69 Å². The molecule has 0 saturated carbocycles. The second kappa shape index (κ2) is 5.10. The Bertz CT molecular complexity index is 501. The van der Waals surface area contributed by atoms with Crippen molar-refractivity contribution in [3.05, 3.63) is 40.5 Å². The van der Waals surface area contributed by atoms with Crippen LogP contribution in [-0.4, -0.2) is 16.1 Å². The van der Waals surface area contributed by atoms with E-state index in [4.69, 9.17) is 5.11 Å². The number of aromatic carboxylic acids is 1. The quantitative estimate of drug-likeness (QED) is 0.778. The standard InChI is InChI=1S/C12H13NO2/c1-3-5-6-9-7-8-11(12(14)15)13-10(9)4-2/h3-8H,1-2H3,(H,14,15)/b5-3-,9-6-,10-4+. The van der Waals surface area contributed by atoms with Crippen molar-refractivity contribution in [1.29, 1.82) is 0 Å². The highest BCUT2D eigenvalue weighted by Crippen LogP contribution is 1.86. The van der Waals surface area contributed by atoms with Crippen LogP contribution in [0.1, 0.15) is 24.3 Å². The Labute approximate surface area is 88.1 Å². The van der Waals surface area contributed by atoms with Crippen LogP contribution in [0.15, 0.2) is 24.3 Å². The molecule has 3 nitrogen and oxygen atoms in total. The molecule has 0 fully saturated rings. The number of aromatic nitrogens is 1. The third kappa shape index (κ3) is 2.77. The average molecular weight is 203 g/mol. The lowest BCUT2D eigenvalue weighted by molar-refractivity contribution is 0.0690. The first-order chi connectivity index (χ1) is 7.19. The molecule has 0 aliphatic rings. The molecule has 0 amide bonds. The molecular formula is C12H13NO2. The highest BCUT2D eigenvalue weighted by molar-refractivity contribution is 5.85. The second-order valence-electron chi connectivity index (χ2n) is 2.96. The number of allylic oxidation sites excluding steroid dienone is 2. The summed E-state index contributed by atoms with van der Waals surface area (Å²) in [4.78, 5) is 14.7. The van der Waals surface area contributed by atoms with Crippen LogP contribution in [0, 0.1) is 0 Å². The van der Waals surface area contributed by atoms with Gasteiger partial charge in [0.25, 0.3) is 0 Å². The van der Waals surface area contributed by atoms with Crippen molar-refractivity contribution in [2.45, 2.75) is 13.8 Å². The van der Waals surface area contributed by atoms with Crippen molar-refractivity contribution in [3.8, 4) is 0 Å². The van der Waals surface area contributed by atoms with Gasteiger partial charge in [-0.05, 0) is 25.1 Å². The van der Waals surface area contributed by atoms with Crippen molar-refractivity contribution in [2.24, 2.45) is 0 Å². The van der Waals surface area contributed by atoms with E-state index in [0.29, 0.717) is 5.35 Å². The number of nitrogens with zero attached hydrogens (tertiary/aromatic N) is 1. The Morgan fingerprint density at radius 3 is 2.67 bits per heavy atom. The lowest BCUT2D eigenvalue weighted by Crippen LogP contribution is -2.29. The smallest absolute Gasteiger partial charge is 0.354 e. The highest BCUT2D eigenvalue weighted by atomic mass is 16.4. The summed E-state index contributed by atoms with van der Waals surface area (Å²) in [5, 5.41) is 10.4. The Morgan fingerprint density at radius 1 is 1.40 bits per heavy atom. The molecular weight excluding hydrogens is 190 g/mol. The number of carboxylic acid groups (broad SMARTS) is 1. The van der Waals surface area contributed by atoms with Crippen LogP contribution in [-0.2, 0) is 0 Å². The van der Waals surface area contributed by atoms with Crippen LogP contribution in [0.3, 0.4) is 0 Å². The zero-order chi connectivity index (χ0) is 11.3. The second-order valence-corrected chi connectivity index (χ2v) is 2.96. The first-order valence-corrected chi connectivity index (χ1v) is 4.68. The maximum atomic E-state index is 10.7. The summed E-state index contributed by atoms with van der Waals surface area (Å²) < 4.78 is 0. The van der Waals surface area contributed by atoms with E-state index < -0.39 is 5.97 Å². The number of carboxylic acids is 1. The summed E-state index contributed by atoms with van der Waals surface area (Å²) in [5.74, 6) is -1.00. The summed E-state index contributed by atoms with van der Waals surface area (Å²) in [6.07, 6.45) is 7.49. The predicted octanol–water partition coefficient (Wildman–Crippen LogP) is 0.937. The molecule has 1 heterocycles. The van der Waals surface area contributed by atoms with E-state index in [-0.39, 0.29) is 5.69 Å². The van der Waals surface area contributed by atoms with Gasteiger partial charge in [0.2, 0.25) is 0 Å². The summed E-state index contributed by atoms with van der Waals surface area (Å²) in [6, 6.07) is 3.26. The summed E-state index contributed by atoms with van der Waals surface area (Å²) in [7, 11) is 0. The SMILES string of the molecule is C\C=C/C=c1/ccc(C(=O)O)n/c1=C/C. The number of hydrogen-bond acceptors (Lipinski definition) is 2. The molecule has 1 N–H and O–H groups in total. The average Bonchev–Trinajstić information content (AvgIpc) is 2.25. The topological polar surface area (TPSA) is 50.2 Å². The molecule has 1 rings (SSSR count). The van der Waals surface area contributed by atoms with Gasteiger partial charge in [-0.15, -0.1) is 0 Å². The highest BCUT2D eigenvalue weighted by Gasteiger charge is 2.02. The van der Waals surface area contributed by atoms with Crippen molar-refractivity contribution >= 4 is 18.1 Å². The lowest BCUT2D eigenvalue weighted by atomic mass is 10.2. The summed E-state index contributed by atoms with van der Waals surface area (Å²) in [5.41, 5.74) is 0.0701. The van der Waals surface area contributed by atoms with Gasteiger partial charge in [-0.3, -0.25) is 0 Å². The fourth-order valence-corrected chi connectivity index (χ4v) is 1.18. The monoisotopic (exact) mass is 203 g/mol. The maximum absolute atomic E-state index is 10.7. The molecule has 0 aromatic carbocycles. The third-order valence-corrected chi connectivity index (χ3v) is 1.92. The lowest BCUT2D eigenvalue weighted by Gasteiger charge is -1.93. The van der Waals surface area contributed by atoms with E-state index in [1.165, 1.54) is 6.07 Å². The molecule has 1 aromatic heterocycles. The molecule has 0 bridgehead atoms. The minimum absolute atomic E-state index is 0.0701. The number of carbonyl (C=O) groups is 1. The summed E-state index contributed by atoms with van der Waals surface area (Å²) in [6.45, 7) is 3.76. The van der Waals surface area contributed by atoms with Gasteiger partial charge in [-0.25, -0.2) is 9.78 Å². The van der Waals surface area contributed by atoms with Crippen LogP contribution >= 0.6 is 0 Å². The van der Waals surface area contributed by atoms with Gasteiger partial charge in [0, 0.05) is 0 Å². The molecule has 0 aliphatic carbocycles. The molecule has 1 aromatic rings. The normalized spacial score (nSPS) is 13.7. The first kappa shape index (κ1) is 11.2. The first-order valence-electron chi connectivity index (χ1n) is 4.68. The van der Waals surface area contributed by atoms with E-state index in [1.807, 2.05) is 32.1 Å². The number of pyridine rings is 1. The van der Waals surface area contributed by atoms with Crippen molar-refractivity contribution < 1.29 is 9.90 Å². The Balaban J connectivity index is 3.41. The zero-order valence-electron chi connectivity index (χ0n) is 8.77. The molecule has 78 valence electrons. The predicted molar refractivity (Wildman–Crippen MR) is 59.9 cm³/mol. The molecule has 0 atom stereocenters. The Kier molecular flexibility index (Phi) is 3.80. The van der Waals surface area contributed by atoms with Crippen molar-refractivity contribution in [1.82, 2.24) is 4.98 Å². The molecule has 15 heavy (non-hydrogen) atoms. The molecule has 0 unspecified atom stereocenters. The van der Waals surface area contributed by atoms with Crippen LogP contribution in [0.25, 0.3) is 12.2 Å². The van der Waals surface area contributed by atoms with Gasteiger partial charge in [-0.2, -0.15) is 0 Å². The fourth-order valence-electron chi connectivity index (χ4n) is 1.18.